The number of hydrazone groups is 1. The number of hydrogen-bond donors (Lipinski definition) is 1. The van der Waals surface area contributed by atoms with Crippen LogP contribution in [0.3, 0.4) is 0 Å². The molecule has 1 aromatic heterocycles. The van der Waals surface area contributed by atoms with Gasteiger partial charge >= 0.3 is 0 Å². The first-order chi connectivity index (χ1) is 14.5. The van der Waals surface area contributed by atoms with Gasteiger partial charge in [0.05, 0.1) is 5.57 Å². The number of unbranched alkanes of at least 4 members (excludes halogenated alkanes) is 2. The third-order valence-electron chi connectivity index (χ3n) is 5.17. The van der Waals surface area contributed by atoms with E-state index in [2.05, 4.69) is 49.1 Å². The van der Waals surface area contributed by atoms with Gasteiger partial charge in [0.15, 0.2) is 5.84 Å². The minimum atomic E-state index is -0.392. The fraction of sp³-hybridized carbons (Fsp3) is 0.304. The van der Waals surface area contributed by atoms with Crippen molar-refractivity contribution in [2.45, 2.75) is 46.5 Å². The fourth-order valence-electron chi connectivity index (χ4n) is 3.61. The summed E-state index contributed by atoms with van der Waals surface area (Å²) in [5.74, 6) is -0.312. The van der Waals surface area contributed by atoms with Gasteiger partial charge < -0.3 is 4.57 Å². The monoisotopic (exact) mass is 419 g/mol. The van der Waals surface area contributed by atoms with Gasteiger partial charge in [-0.3, -0.25) is 10.2 Å². The van der Waals surface area contributed by atoms with E-state index in [1.54, 1.807) is 6.08 Å². The molecular weight excluding hydrogens is 394 g/mol. The highest BCUT2D eigenvalue weighted by molar-refractivity contribution is 8.26. The standard InChI is InChI=1S/C23H25N5OS/c1-4-5-6-9-20-26-28-21(24)18(22(29)25-23(28)30-20)14-17-8-7-12-27(17)19-11-10-15(2)13-16(19)3/h7-8,10-14,24H,4-6,9H2,1-3H3/b18-14-,24-21?. The Kier molecular flexibility index (Phi) is 5.72. The zero-order chi connectivity index (χ0) is 21.3. The molecule has 1 aromatic carbocycles. The Bertz CT molecular complexity index is 1110. The van der Waals surface area contributed by atoms with Gasteiger partial charge in [-0.25, -0.2) is 0 Å². The second-order valence-corrected chi connectivity index (χ2v) is 8.60. The normalized spacial score (nSPS) is 17.4. The van der Waals surface area contributed by atoms with Crippen LogP contribution in [0, 0.1) is 19.3 Å². The average molecular weight is 420 g/mol. The van der Waals surface area contributed by atoms with E-state index >= 15 is 0 Å². The van der Waals surface area contributed by atoms with Gasteiger partial charge in [0.1, 0.15) is 5.04 Å². The molecule has 0 radical (unpaired) electrons. The molecule has 6 nitrogen and oxygen atoms in total. The molecule has 30 heavy (non-hydrogen) atoms. The van der Waals surface area contributed by atoms with Crippen LogP contribution in [0.2, 0.25) is 0 Å². The largest absolute Gasteiger partial charge is 0.317 e. The smallest absolute Gasteiger partial charge is 0.283 e. The summed E-state index contributed by atoms with van der Waals surface area (Å²) in [5.41, 5.74) is 4.47. The van der Waals surface area contributed by atoms with Crippen molar-refractivity contribution in [1.29, 1.82) is 5.41 Å². The van der Waals surface area contributed by atoms with Crippen LogP contribution in [0.4, 0.5) is 0 Å². The Hall–Kier alpha value is -2.93. The Morgan fingerprint density at radius 3 is 2.80 bits per heavy atom. The molecule has 0 unspecified atom stereocenters. The summed E-state index contributed by atoms with van der Waals surface area (Å²) in [6, 6.07) is 10.1. The maximum absolute atomic E-state index is 12.7. The van der Waals surface area contributed by atoms with Crippen LogP contribution in [0.1, 0.15) is 49.4 Å². The van der Waals surface area contributed by atoms with Gasteiger partial charge in [-0.1, -0.05) is 37.5 Å². The van der Waals surface area contributed by atoms with Crippen molar-refractivity contribution >= 4 is 39.8 Å². The number of amides is 1. The maximum Gasteiger partial charge on any atom is 0.283 e. The van der Waals surface area contributed by atoms with Crippen molar-refractivity contribution in [2.75, 3.05) is 0 Å². The summed E-state index contributed by atoms with van der Waals surface area (Å²) in [4.78, 5) is 16.9. The summed E-state index contributed by atoms with van der Waals surface area (Å²) in [5, 5.41) is 16.0. The van der Waals surface area contributed by atoms with Crippen LogP contribution in [0.5, 0.6) is 0 Å². The number of nitrogens with one attached hydrogen (secondary N) is 1. The van der Waals surface area contributed by atoms with Gasteiger partial charge in [-0.15, -0.1) is 0 Å². The highest BCUT2D eigenvalue weighted by Gasteiger charge is 2.35. The van der Waals surface area contributed by atoms with Gasteiger partial charge in [-0.05, 0) is 68.3 Å². The topological polar surface area (TPSA) is 73.8 Å². The van der Waals surface area contributed by atoms with Crippen LogP contribution in [0.25, 0.3) is 11.8 Å². The molecule has 0 bridgehead atoms. The number of benzene rings is 1. The van der Waals surface area contributed by atoms with Crippen LogP contribution in [-0.4, -0.2) is 31.5 Å². The number of amidine groups is 2. The first-order valence-corrected chi connectivity index (χ1v) is 11.0. The van der Waals surface area contributed by atoms with E-state index in [0.717, 1.165) is 47.7 Å². The summed E-state index contributed by atoms with van der Waals surface area (Å²) in [6.07, 6.45) is 7.89. The van der Waals surface area contributed by atoms with E-state index in [1.165, 1.54) is 22.3 Å². The predicted molar refractivity (Wildman–Crippen MR) is 124 cm³/mol. The van der Waals surface area contributed by atoms with Crippen molar-refractivity contribution in [1.82, 2.24) is 9.58 Å². The second kappa shape index (κ2) is 8.44. The molecule has 0 atom stereocenters. The molecule has 0 saturated heterocycles. The molecule has 0 aliphatic carbocycles. The highest BCUT2D eigenvalue weighted by atomic mass is 32.2. The summed E-state index contributed by atoms with van der Waals surface area (Å²) in [6.45, 7) is 6.30. The molecule has 3 heterocycles. The number of fused-ring (bicyclic) bond motifs is 1. The van der Waals surface area contributed by atoms with Crippen LogP contribution in [0.15, 0.2) is 52.2 Å². The van der Waals surface area contributed by atoms with E-state index in [1.807, 2.05) is 22.9 Å². The number of carbonyl (C=O) groups is 1. The SMILES string of the molecule is CCCCCC1=NN2C(=N)/C(=C/c3cccn3-c3ccc(C)cc3C)C(=O)N=C2S1. The molecule has 0 fully saturated rings. The number of rotatable bonds is 6. The second-order valence-electron chi connectivity index (χ2n) is 7.56. The van der Waals surface area contributed by atoms with Crippen molar-refractivity contribution in [3.63, 3.8) is 0 Å². The molecule has 4 rings (SSSR count). The lowest BCUT2D eigenvalue weighted by molar-refractivity contribution is -0.114. The molecule has 1 N–H and O–H groups in total. The van der Waals surface area contributed by atoms with E-state index in [-0.39, 0.29) is 11.4 Å². The third-order valence-corrected chi connectivity index (χ3v) is 6.14. The summed E-state index contributed by atoms with van der Waals surface area (Å²) >= 11 is 1.40. The Labute approximate surface area is 180 Å². The molecule has 2 aromatic rings. The Morgan fingerprint density at radius 2 is 2.03 bits per heavy atom. The lowest BCUT2D eigenvalue weighted by atomic mass is 10.1. The number of nitrogens with zero attached hydrogens (tertiary/aromatic N) is 4. The first kappa shape index (κ1) is 20.3. The maximum atomic E-state index is 12.7. The highest BCUT2D eigenvalue weighted by Crippen LogP contribution is 2.30. The third kappa shape index (κ3) is 3.89. The van der Waals surface area contributed by atoms with Crippen molar-refractivity contribution in [3.05, 3.63) is 58.9 Å². The fourth-order valence-corrected chi connectivity index (χ4v) is 4.54. The number of hydrogen-bond acceptors (Lipinski definition) is 4. The molecule has 0 spiro atoms. The number of thioether (sulfide) groups is 1. The lowest BCUT2D eigenvalue weighted by Gasteiger charge is -2.20. The van der Waals surface area contributed by atoms with E-state index in [9.17, 15) is 4.79 Å². The average Bonchev–Trinajstić information content (AvgIpc) is 3.32. The van der Waals surface area contributed by atoms with Gasteiger partial charge in [0, 0.05) is 17.6 Å². The Morgan fingerprint density at radius 1 is 1.20 bits per heavy atom. The van der Waals surface area contributed by atoms with E-state index in [0.29, 0.717) is 5.17 Å². The Balaban J connectivity index is 1.64. The van der Waals surface area contributed by atoms with Crippen molar-refractivity contribution in [2.24, 2.45) is 10.1 Å². The minimum absolute atomic E-state index is 0.0800. The van der Waals surface area contributed by atoms with Gasteiger partial charge in [-0.2, -0.15) is 15.1 Å². The van der Waals surface area contributed by atoms with Gasteiger partial charge in [0.25, 0.3) is 5.91 Å². The zero-order valence-electron chi connectivity index (χ0n) is 17.5. The van der Waals surface area contributed by atoms with Crippen molar-refractivity contribution < 1.29 is 4.79 Å². The number of aromatic nitrogens is 1. The molecular formula is C23H25N5OS. The van der Waals surface area contributed by atoms with E-state index in [4.69, 9.17) is 5.41 Å². The molecule has 7 heteroatoms. The molecule has 2 aliphatic heterocycles. The quantitative estimate of drug-likeness (QED) is 0.510. The number of carbonyl (C=O) groups excluding carboxylic acids is 1. The molecule has 2 aliphatic rings. The van der Waals surface area contributed by atoms with Crippen molar-refractivity contribution in [3.8, 4) is 5.69 Å². The van der Waals surface area contributed by atoms with Crippen LogP contribution in [-0.2, 0) is 4.79 Å². The zero-order valence-corrected chi connectivity index (χ0v) is 18.3. The van der Waals surface area contributed by atoms with E-state index < -0.39 is 5.91 Å². The molecule has 1 amide bonds. The predicted octanol–water partition coefficient (Wildman–Crippen LogP) is 5.29. The number of aryl methyl sites for hydroxylation is 2. The summed E-state index contributed by atoms with van der Waals surface area (Å²) < 4.78 is 2.03. The lowest BCUT2D eigenvalue weighted by Crippen LogP contribution is -2.35. The first-order valence-electron chi connectivity index (χ1n) is 10.2. The number of aliphatic imine (C=N–C) groups is 1. The summed E-state index contributed by atoms with van der Waals surface area (Å²) in [7, 11) is 0. The van der Waals surface area contributed by atoms with Gasteiger partial charge in [0.2, 0.25) is 5.17 Å². The minimum Gasteiger partial charge on any atom is -0.317 e. The molecule has 154 valence electrons. The van der Waals surface area contributed by atoms with Crippen LogP contribution >= 0.6 is 11.8 Å². The van der Waals surface area contributed by atoms with Crippen LogP contribution < -0.4 is 0 Å². The molecule has 0 saturated carbocycles.